The van der Waals surface area contributed by atoms with E-state index in [1.54, 1.807) is 0 Å². The second-order valence-electron chi connectivity index (χ2n) is 10.0. The van der Waals surface area contributed by atoms with Crippen molar-refractivity contribution in [2.45, 2.75) is 58.0 Å². The number of nitrogens with one attached hydrogen (secondary N) is 1. The summed E-state index contributed by atoms with van der Waals surface area (Å²) in [4.78, 5) is 29.3. The van der Waals surface area contributed by atoms with E-state index in [1.807, 2.05) is 30.8 Å². The SMILES string of the molecule is COC[C@@H](F)CN(CCCCc1ccc2c(n1)NCCC2)CCCC(=O)O[n+]1cnc2c(ccn2C)c1C. The van der Waals surface area contributed by atoms with Crippen molar-refractivity contribution in [1.82, 2.24) is 19.4 Å². The smallest absolute Gasteiger partial charge is 0.358 e. The van der Waals surface area contributed by atoms with E-state index in [1.165, 1.54) is 23.7 Å². The predicted octanol–water partition coefficient (Wildman–Crippen LogP) is 2.97. The van der Waals surface area contributed by atoms with Gasteiger partial charge in [0.25, 0.3) is 5.65 Å². The number of carbonyl (C=O) groups excluding carboxylic acids is 1. The number of aromatic nitrogens is 4. The van der Waals surface area contributed by atoms with Crippen LogP contribution >= 0.6 is 0 Å². The number of anilines is 1. The number of methoxy groups -OCH3 is 1. The average molecular weight is 528 g/mol. The van der Waals surface area contributed by atoms with Crippen LogP contribution in [0.5, 0.6) is 0 Å². The number of hydrogen-bond donors (Lipinski definition) is 1. The molecule has 1 aliphatic rings. The van der Waals surface area contributed by atoms with Gasteiger partial charge in [0.05, 0.1) is 18.4 Å². The van der Waals surface area contributed by atoms with E-state index in [2.05, 4.69) is 27.3 Å². The summed E-state index contributed by atoms with van der Waals surface area (Å²) >= 11 is 0. The molecular formula is C28H40FN6O3+. The van der Waals surface area contributed by atoms with Gasteiger partial charge in [0.15, 0.2) is 5.69 Å². The van der Waals surface area contributed by atoms with Gasteiger partial charge < -0.3 is 19.5 Å². The van der Waals surface area contributed by atoms with E-state index in [0.29, 0.717) is 13.0 Å². The lowest BCUT2D eigenvalue weighted by Gasteiger charge is -2.24. The van der Waals surface area contributed by atoms with E-state index < -0.39 is 6.17 Å². The van der Waals surface area contributed by atoms with Gasteiger partial charge in [-0.25, -0.2) is 14.2 Å². The standard InChI is InChI=1S/C28H40FN6O3/c1-21-25-13-17-33(2)28(25)31-20-35(21)38-26(36)10-7-16-34(18-23(29)19-37-3)15-5-4-9-24-12-11-22-8-6-14-30-27(22)32-24/h11-13,17,20,23H,4-10,14-16,18-19H2,1-3H3,(H,30,32)/q+1/t23-/m0/s1. The first-order chi connectivity index (χ1) is 18.4. The number of nitrogens with zero attached hydrogens (tertiary/aromatic N) is 5. The molecule has 0 spiro atoms. The van der Waals surface area contributed by atoms with Gasteiger partial charge in [0.2, 0.25) is 0 Å². The highest BCUT2D eigenvalue weighted by Crippen LogP contribution is 2.20. The minimum atomic E-state index is -1.07. The molecule has 4 heterocycles. The van der Waals surface area contributed by atoms with Crippen LogP contribution in [0, 0.1) is 6.92 Å². The van der Waals surface area contributed by atoms with Gasteiger partial charge in [0.1, 0.15) is 12.0 Å². The Hall–Kier alpha value is -3.11. The van der Waals surface area contributed by atoms with E-state index in [-0.39, 0.29) is 25.5 Å². The Morgan fingerprint density at radius 1 is 1.26 bits per heavy atom. The molecule has 3 aromatic rings. The van der Waals surface area contributed by atoms with Crippen molar-refractivity contribution < 1.29 is 23.5 Å². The fourth-order valence-electron chi connectivity index (χ4n) is 4.93. The number of carbonyl (C=O) groups is 1. The number of unbranched alkanes of at least 4 members (excludes halogenated alkanes) is 1. The van der Waals surface area contributed by atoms with Crippen LogP contribution in [-0.4, -0.2) is 71.5 Å². The van der Waals surface area contributed by atoms with Gasteiger partial charge in [-0.3, -0.25) is 4.84 Å². The van der Waals surface area contributed by atoms with Crippen molar-refractivity contribution in [3.63, 3.8) is 0 Å². The molecule has 1 atom stereocenters. The molecule has 0 saturated heterocycles. The van der Waals surface area contributed by atoms with Gasteiger partial charge in [-0.2, -0.15) is 0 Å². The molecule has 0 fully saturated rings. The number of alkyl halides is 1. The second kappa shape index (κ2) is 13.6. The van der Waals surface area contributed by atoms with Crippen LogP contribution in [0.15, 0.2) is 30.7 Å². The van der Waals surface area contributed by atoms with E-state index in [9.17, 15) is 9.18 Å². The van der Waals surface area contributed by atoms with Crippen molar-refractivity contribution in [3.8, 4) is 0 Å². The lowest BCUT2D eigenvalue weighted by Crippen LogP contribution is -2.48. The Balaban J connectivity index is 1.23. The Labute approximate surface area is 223 Å². The first kappa shape index (κ1) is 27.9. The lowest BCUT2D eigenvalue weighted by atomic mass is 10.1. The third-order valence-corrected chi connectivity index (χ3v) is 7.01. The topological polar surface area (TPSA) is 85.4 Å². The maximum atomic E-state index is 14.3. The van der Waals surface area contributed by atoms with Crippen molar-refractivity contribution in [2.24, 2.45) is 7.05 Å². The highest BCUT2D eigenvalue weighted by Gasteiger charge is 2.19. The number of rotatable bonds is 14. The maximum absolute atomic E-state index is 14.3. The first-order valence-corrected chi connectivity index (χ1v) is 13.6. The van der Waals surface area contributed by atoms with E-state index in [0.717, 1.165) is 73.4 Å². The summed E-state index contributed by atoms with van der Waals surface area (Å²) < 4.78 is 22.7. The molecule has 0 aliphatic carbocycles. The molecule has 0 unspecified atom stereocenters. The van der Waals surface area contributed by atoms with Gasteiger partial charge >= 0.3 is 12.3 Å². The molecule has 10 heteroatoms. The average Bonchev–Trinajstić information content (AvgIpc) is 3.29. The minimum Gasteiger partial charge on any atom is -0.382 e. The minimum absolute atomic E-state index is 0.0649. The number of halogens is 1. The molecule has 9 nitrogen and oxygen atoms in total. The highest BCUT2D eigenvalue weighted by atomic mass is 19.1. The summed E-state index contributed by atoms with van der Waals surface area (Å²) in [5.74, 6) is 0.686. The monoisotopic (exact) mass is 527 g/mol. The second-order valence-corrected chi connectivity index (χ2v) is 10.0. The van der Waals surface area contributed by atoms with Crippen LogP contribution in [-0.2, 0) is 29.4 Å². The molecule has 0 aromatic carbocycles. The van der Waals surface area contributed by atoms with Crippen LogP contribution in [0.25, 0.3) is 11.0 Å². The van der Waals surface area contributed by atoms with Gasteiger partial charge in [-0.05, 0) is 79.0 Å². The van der Waals surface area contributed by atoms with Gasteiger partial charge in [0, 0.05) is 46.1 Å². The Morgan fingerprint density at radius 3 is 2.95 bits per heavy atom. The molecule has 206 valence electrons. The van der Waals surface area contributed by atoms with Crippen LogP contribution in [0.4, 0.5) is 10.2 Å². The number of aryl methyl sites for hydroxylation is 4. The van der Waals surface area contributed by atoms with E-state index >= 15 is 0 Å². The molecule has 38 heavy (non-hydrogen) atoms. The molecule has 1 aliphatic heterocycles. The van der Waals surface area contributed by atoms with Crippen molar-refractivity contribution >= 4 is 22.8 Å². The predicted molar refractivity (Wildman–Crippen MR) is 144 cm³/mol. The first-order valence-electron chi connectivity index (χ1n) is 13.6. The normalized spacial score (nSPS) is 13.9. The molecule has 1 N–H and O–H groups in total. The zero-order chi connectivity index (χ0) is 26.9. The lowest BCUT2D eigenvalue weighted by molar-refractivity contribution is -0.874. The van der Waals surface area contributed by atoms with Crippen LogP contribution in [0.3, 0.4) is 0 Å². The molecule has 0 bridgehead atoms. The fraction of sp³-hybridized carbons (Fsp3) is 0.571. The van der Waals surface area contributed by atoms with E-state index in [4.69, 9.17) is 14.6 Å². The van der Waals surface area contributed by atoms with Crippen molar-refractivity contribution in [1.29, 1.82) is 0 Å². The summed E-state index contributed by atoms with van der Waals surface area (Å²) in [5.41, 5.74) is 4.03. The molecule has 0 amide bonds. The molecule has 0 radical (unpaired) electrons. The Kier molecular flexibility index (Phi) is 10.0. The quantitative estimate of drug-likeness (QED) is 0.255. The Morgan fingerprint density at radius 2 is 2.11 bits per heavy atom. The largest absolute Gasteiger partial charge is 0.382 e. The van der Waals surface area contributed by atoms with Gasteiger partial charge in [-0.1, -0.05) is 6.07 Å². The summed E-state index contributed by atoms with van der Waals surface area (Å²) in [6.07, 6.45) is 8.22. The number of ether oxygens (including phenoxy) is 1. The summed E-state index contributed by atoms with van der Waals surface area (Å²) in [6.45, 7) is 4.59. The third-order valence-electron chi connectivity index (χ3n) is 7.01. The molecule has 0 saturated carbocycles. The highest BCUT2D eigenvalue weighted by molar-refractivity contribution is 5.77. The molecule has 4 rings (SSSR count). The third kappa shape index (κ3) is 7.48. The van der Waals surface area contributed by atoms with Crippen LogP contribution < -0.4 is 14.9 Å². The summed E-state index contributed by atoms with van der Waals surface area (Å²) in [6, 6.07) is 6.25. The number of fused-ring (bicyclic) bond motifs is 2. The van der Waals surface area contributed by atoms with Crippen molar-refractivity contribution in [2.75, 3.05) is 45.2 Å². The zero-order valence-corrected chi connectivity index (χ0v) is 22.8. The zero-order valence-electron chi connectivity index (χ0n) is 22.8. The fourth-order valence-corrected chi connectivity index (χ4v) is 4.93. The van der Waals surface area contributed by atoms with Gasteiger partial charge in [-0.15, -0.1) is 0 Å². The number of pyridine rings is 1. The molecular weight excluding hydrogens is 487 g/mol. The number of hydrogen-bond acceptors (Lipinski definition) is 7. The summed E-state index contributed by atoms with van der Waals surface area (Å²) in [7, 11) is 3.43. The maximum Gasteiger partial charge on any atom is 0.358 e. The van der Waals surface area contributed by atoms with Crippen LogP contribution in [0.2, 0.25) is 0 Å². The molecule has 3 aromatic heterocycles. The summed E-state index contributed by atoms with van der Waals surface area (Å²) in [5, 5.41) is 4.32. The van der Waals surface area contributed by atoms with Crippen LogP contribution in [0.1, 0.15) is 49.1 Å². The Bertz CT molecular complexity index is 1220. The van der Waals surface area contributed by atoms with Crippen molar-refractivity contribution in [3.05, 3.63) is 47.7 Å².